The average Bonchev–Trinajstić information content (AvgIpc) is 3.31. The van der Waals surface area contributed by atoms with Crippen LogP contribution in [0.5, 0.6) is 0 Å². The predicted molar refractivity (Wildman–Crippen MR) is 118 cm³/mol. The molecule has 180 valence electrons. The van der Waals surface area contributed by atoms with E-state index in [2.05, 4.69) is 25.4 Å². The SMILES string of the molecule is CCNC(=O)c1c(C)cnc2c(-c3nc4cc(C(F)(F)F)cnc4n3C)c(S(=N)(=O)CC)nn12. The quantitative estimate of drug-likeness (QED) is 0.438. The number of nitrogens with one attached hydrogen (secondary N) is 2. The second kappa shape index (κ2) is 8.04. The fourth-order valence-electron chi connectivity index (χ4n) is 3.59. The monoisotopic (exact) mass is 494 g/mol. The van der Waals surface area contributed by atoms with Crippen molar-refractivity contribution in [1.29, 1.82) is 4.78 Å². The minimum Gasteiger partial charge on any atom is -0.351 e. The number of pyridine rings is 1. The van der Waals surface area contributed by atoms with Gasteiger partial charge in [0, 0.05) is 31.7 Å². The number of alkyl halides is 3. The maximum absolute atomic E-state index is 13.2. The molecule has 0 bridgehead atoms. The van der Waals surface area contributed by atoms with E-state index < -0.39 is 27.4 Å². The van der Waals surface area contributed by atoms with Gasteiger partial charge in [-0.3, -0.25) is 4.79 Å². The van der Waals surface area contributed by atoms with E-state index in [0.29, 0.717) is 18.3 Å². The fraction of sp³-hybridized carbons (Fsp3) is 0.350. The topological polar surface area (TPSA) is 131 Å². The summed E-state index contributed by atoms with van der Waals surface area (Å²) < 4.78 is 63.8. The van der Waals surface area contributed by atoms with Crippen LogP contribution in [0.25, 0.3) is 28.2 Å². The van der Waals surface area contributed by atoms with Gasteiger partial charge in [-0.15, -0.1) is 0 Å². The highest BCUT2D eigenvalue weighted by Gasteiger charge is 2.33. The first-order chi connectivity index (χ1) is 15.9. The zero-order valence-electron chi connectivity index (χ0n) is 18.7. The molecule has 1 atom stereocenters. The van der Waals surface area contributed by atoms with Gasteiger partial charge in [0.25, 0.3) is 5.91 Å². The lowest BCUT2D eigenvalue weighted by molar-refractivity contribution is -0.137. The maximum atomic E-state index is 13.2. The molecule has 0 aromatic carbocycles. The Morgan fingerprint density at radius 2 is 1.88 bits per heavy atom. The fourth-order valence-corrected chi connectivity index (χ4v) is 4.59. The van der Waals surface area contributed by atoms with E-state index in [-0.39, 0.29) is 44.7 Å². The van der Waals surface area contributed by atoms with Crippen LogP contribution in [0.4, 0.5) is 13.2 Å². The van der Waals surface area contributed by atoms with E-state index in [0.717, 1.165) is 6.07 Å². The van der Waals surface area contributed by atoms with Crippen LogP contribution in [0.1, 0.15) is 35.5 Å². The molecule has 2 N–H and O–H groups in total. The standard InChI is InChI=1S/C20H21F3N8O2S/c1-5-25-18(32)14-10(3)8-26-16-13(19(29-31(14)16)34(24,33)6-2)17-28-12-7-11(20(21,22)23)9-27-15(12)30(17)4/h7-9,24H,5-6H2,1-4H3,(H,25,32). The molecule has 0 aliphatic carbocycles. The first-order valence-electron chi connectivity index (χ1n) is 10.2. The number of fused-ring (bicyclic) bond motifs is 2. The lowest BCUT2D eigenvalue weighted by atomic mass is 10.2. The molecule has 4 aromatic rings. The van der Waals surface area contributed by atoms with Crippen molar-refractivity contribution in [2.24, 2.45) is 7.05 Å². The van der Waals surface area contributed by atoms with Gasteiger partial charge >= 0.3 is 6.18 Å². The van der Waals surface area contributed by atoms with E-state index in [4.69, 9.17) is 4.78 Å². The van der Waals surface area contributed by atoms with Crippen molar-refractivity contribution >= 4 is 32.4 Å². The number of hydrogen-bond donors (Lipinski definition) is 2. The minimum absolute atomic E-state index is 0.0401. The van der Waals surface area contributed by atoms with E-state index in [1.807, 2.05) is 0 Å². The summed E-state index contributed by atoms with van der Waals surface area (Å²) in [6.07, 6.45) is -2.46. The summed E-state index contributed by atoms with van der Waals surface area (Å²) in [4.78, 5) is 25.3. The van der Waals surface area contributed by atoms with Gasteiger partial charge < -0.3 is 9.88 Å². The van der Waals surface area contributed by atoms with Crippen LogP contribution in [-0.2, 0) is 23.0 Å². The van der Waals surface area contributed by atoms with E-state index in [9.17, 15) is 22.2 Å². The molecule has 34 heavy (non-hydrogen) atoms. The van der Waals surface area contributed by atoms with Crippen LogP contribution in [-0.4, -0.2) is 51.5 Å². The summed E-state index contributed by atoms with van der Waals surface area (Å²) in [6, 6.07) is 0.868. The molecule has 0 aliphatic rings. The van der Waals surface area contributed by atoms with Crippen molar-refractivity contribution in [2.75, 3.05) is 12.3 Å². The van der Waals surface area contributed by atoms with Gasteiger partial charge in [0.05, 0.1) is 20.9 Å². The Bertz CT molecular complexity index is 1550. The van der Waals surface area contributed by atoms with Gasteiger partial charge in [0.15, 0.2) is 16.3 Å². The highest BCUT2D eigenvalue weighted by atomic mass is 32.2. The Morgan fingerprint density at radius 1 is 1.21 bits per heavy atom. The van der Waals surface area contributed by atoms with Crippen molar-refractivity contribution in [2.45, 2.75) is 32.0 Å². The third-order valence-corrected chi connectivity index (χ3v) is 7.05. The highest BCUT2D eigenvalue weighted by Crippen LogP contribution is 2.35. The van der Waals surface area contributed by atoms with E-state index in [1.165, 1.54) is 22.3 Å². The average molecular weight is 495 g/mol. The number of aromatic nitrogens is 6. The number of amides is 1. The summed E-state index contributed by atoms with van der Waals surface area (Å²) in [7, 11) is -1.91. The molecular formula is C20H21F3N8O2S. The molecule has 0 saturated carbocycles. The summed E-state index contributed by atoms with van der Waals surface area (Å²) >= 11 is 0. The molecular weight excluding hydrogens is 473 g/mol. The normalized spacial score (nSPS) is 14.0. The summed E-state index contributed by atoms with van der Waals surface area (Å²) in [5, 5.41) is 6.87. The van der Waals surface area contributed by atoms with Crippen molar-refractivity contribution in [3.63, 3.8) is 0 Å². The number of imidazole rings is 1. The number of carbonyl (C=O) groups excluding carboxylic acids is 1. The second-order valence-corrected chi connectivity index (χ2v) is 9.90. The molecule has 1 amide bonds. The van der Waals surface area contributed by atoms with Crippen LogP contribution in [0, 0.1) is 11.7 Å². The molecule has 10 nitrogen and oxygen atoms in total. The lowest BCUT2D eigenvalue weighted by Gasteiger charge is -2.08. The molecule has 4 rings (SSSR count). The Kier molecular flexibility index (Phi) is 5.58. The van der Waals surface area contributed by atoms with Crippen LogP contribution >= 0.6 is 0 Å². The van der Waals surface area contributed by atoms with Gasteiger partial charge in [-0.2, -0.15) is 18.3 Å². The highest BCUT2D eigenvalue weighted by molar-refractivity contribution is 7.92. The van der Waals surface area contributed by atoms with Crippen LogP contribution in [0.2, 0.25) is 0 Å². The minimum atomic E-state index is -4.60. The number of halogens is 3. The second-order valence-electron chi connectivity index (χ2n) is 7.59. The largest absolute Gasteiger partial charge is 0.417 e. The van der Waals surface area contributed by atoms with Crippen LogP contribution in [0.15, 0.2) is 23.5 Å². The number of carbonyl (C=O) groups is 1. The number of nitrogens with zero attached hydrogens (tertiary/aromatic N) is 6. The van der Waals surface area contributed by atoms with Gasteiger partial charge in [-0.25, -0.2) is 28.5 Å². The van der Waals surface area contributed by atoms with Gasteiger partial charge in [-0.05, 0) is 25.5 Å². The van der Waals surface area contributed by atoms with Crippen molar-refractivity contribution < 1.29 is 22.2 Å². The predicted octanol–water partition coefficient (Wildman–Crippen LogP) is 3.18. The van der Waals surface area contributed by atoms with Crippen molar-refractivity contribution in [3.8, 4) is 11.4 Å². The Labute approximate surface area is 192 Å². The molecule has 0 fully saturated rings. The van der Waals surface area contributed by atoms with E-state index >= 15 is 0 Å². The molecule has 4 heterocycles. The molecule has 4 aromatic heterocycles. The molecule has 14 heteroatoms. The van der Waals surface area contributed by atoms with E-state index in [1.54, 1.807) is 20.8 Å². The Morgan fingerprint density at radius 3 is 2.50 bits per heavy atom. The number of rotatable bonds is 5. The number of aryl methyl sites for hydroxylation is 2. The molecule has 0 radical (unpaired) electrons. The molecule has 0 aliphatic heterocycles. The zero-order valence-corrected chi connectivity index (χ0v) is 19.5. The van der Waals surface area contributed by atoms with Gasteiger partial charge in [0.1, 0.15) is 17.0 Å². The molecule has 1 unspecified atom stereocenters. The number of hydrogen-bond acceptors (Lipinski definition) is 7. The first kappa shape index (κ1) is 23.6. The van der Waals surface area contributed by atoms with Crippen molar-refractivity contribution in [1.82, 2.24) is 34.4 Å². The lowest BCUT2D eigenvalue weighted by Crippen LogP contribution is -2.26. The summed E-state index contributed by atoms with van der Waals surface area (Å²) in [5.41, 5.74) is -0.0181. The third-order valence-electron chi connectivity index (χ3n) is 5.33. The van der Waals surface area contributed by atoms with Crippen molar-refractivity contribution in [3.05, 3.63) is 35.3 Å². The Balaban J connectivity index is 2.10. The van der Waals surface area contributed by atoms with Crippen LogP contribution < -0.4 is 5.32 Å². The first-order valence-corrected chi connectivity index (χ1v) is 12.0. The van der Waals surface area contributed by atoms with Gasteiger partial charge in [0.2, 0.25) is 0 Å². The summed E-state index contributed by atoms with van der Waals surface area (Å²) in [6.45, 7) is 5.32. The van der Waals surface area contributed by atoms with Crippen LogP contribution in [0.3, 0.4) is 0 Å². The summed E-state index contributed by atoms with van der Waals surface area (Å²) in [5.74, 6) is -0.444. The Hall–Kier alpha value is -3.55. The third kappa shape index (κ3) is 3.67. The van der Waals surface area contributed by atoms with Gasteiger partial charge in [-0.1, -0.05) is 6.92 Å². The zero-order chi connectivity index (χ0) is 25.0. The smallest absolute Gasteiger partial charge is 0.351 e. The maximum Gasteiger partial charge on any atom is 0.417 e. The molecule has 0 spiro atoms. The molecule has 0 saturated heterocycles.